The van der Waals surface area contributed by atoms with Gasteiger partial charge in [0, 0.05) is 19.3 Å². The normalized spacial score (nSPS) is 18.1. The number of nitrogens with zero attached hydrogens (tertiary/aromatic N) is 2. The van der Waals surface area contributed by atoms with Crippen molar-refractivity contribution >= 4 is 16.9 Å². The van der Waals surface area contributed by atoms with Gasteiger partial charge in [-0.15, -0.1) is 0 Å². The van der Waals surface area contributed by atoms with Crippen LogP contribution in [0.3, 0.4) is 0 Å². The molecule has 2 aromatic carbocycles. The van der Waals surface area contributed by atoms with Gasteiger partial charge in [0.1, 0.15) is 0 Å². The highest BCUT2D eigenvalue weighted by Crippen LogP contribution is 2.26. The Morgan fingerprint density at radius 1 is 1.05 bits per heavy atom. The minimum absolute atomic E-state index is 0.191. The predicted octanol–water partition coefficient (Wildman–Crippen LogP) is 4.01. The first-order valence-corrected chi connectivity index (χ1v) is 8.32. The van der Waals surface area contributed by atoms with Crippen molar-refractivity contribution in [3.05, 3.63) is 71.8 Å². The van der Waals surface area contributed by atoms with Crippen LogP contribution >= 0.6 is 11.8 Å². The first-order valence-electron chi connectivity index (χ1n) is 7.33. The molecule has 1 aliphatic heterocycles. The predicted molar refractivity (Wildman–Crippen MR) is 91.9 cm³/mol. The summed E-state index contributed by atoms with van der Waals surface area (Å²) in [7, 11) is 2.13. The van der Waals surface area contributed by atoms with E-state index in [2.05, 4.69) is 72.6 Å². The van der Waals surface area contributed by atoms with Gasteiger partial charge in [-0.25, -0.2) is 0 Å². The minimum Gasteiger partial charge on any atom is -0.354 e. The molecule has 0 bridgehead atoms. The van der Waals surface area contributed by atoms with Crippen LogP contribution in [0.15, 0.2) is 65.7 Å². The molecular weight excluding hydrogens is 276 g/mol. The summed E-state index contributed by atoms with van der Waals surface area (Å²) < 4.78 is 0. The molecule has 0 radical (unpaired) electrons. The van der Waals surface area contributed by atoms with E-state index >= 15 is 0 Å². The molecule has 0 saturated carbocycles. The molecule has 21 heavy (non-hydrogen) atoms. The lowest BCUT2D eigenvalue weighted by Crippen LogP contribution is -2.19. The van der Waals surface area contributed by atoms with Crippen LogP contribution in [0.5, 0.6) is 0 Å². The van der Waals surface area contributed by atoms with Crippen molar-refractivity contribution in [3.8, 4) is 0 Å². The highest BCUT2D eigenvalue weighted by atomic mass is 32.2. The smallest absolute Gasteiger partial charge is 0.159 e. The molecule has 1 unspecified atom stereocenters. The van der Waals surface area contributed by atoms with Gasteiger partial charge in [0.05, 0.1) is 6.04 Å². The average Bonchev–Trinajstić information content (AvgIpc) is 2.94. The van der Waals surface area contributed by atoms with Crippen molar-refractivity contribution in [2.75, 3.05) is 19.3 Å². The number of thioether (sulfide) groups is 1. The summed E-state index contributed by atoms with van der Waals surface area (Å²) in [4.78, 5) is 7.28. The van der Waals surface area contributed by atoms with Crippen LogP contribution in [0.1, 0.15) is 17.2 Å². The van der Waals surface area contributed by atoms with Gasteiger partial charge in [0.2, 0.25) is 0 Å². The molecule has 1 heterocycles. The van der Waals surface area contributed by atoms with E-state index in [0.29, 0.717) is 0 Å². The molecule has 1 fully saturated rings. The van der Waals surface area contributed by atoms with Crippen LogP contribution in [-0.2, 0) is 6.42 Å². The second kappa shape index (κ2) is 6.81. The summed E-state index contributed by atoms with van der Waals surface area (Å²) in [5.41, 5.74) is 2.62. The zero-order chi connectivity index (χ0) is 14.5. The Kier molecular flexibility index (Phi) is 4.61. The fraction of sp³-hybridized carbons (Fsp3) is 0.278. The summed E-state index contributed by atoms with van der Waals surface area (Å²) in [5.74, 6) is 1.14. The Hall–Kier alpha value is -1.74. The first kappa shape index (κ1) is 14.2. The summed E-state index contributed by atoms with van der Waals surface area (Å²) in [5, 5.41) is 1.17. The van der Waals surface area contributed by atoms with Crippen molar-refractivity contribution < 1.29 is 0 Å². The molecule has 0 N–H and O–H groups in total. The fourth-order valence-electron chi connectivity index (χ4n) is 2.50. The van der Waals surface area contributed by atoms with Gasteiger partial charge in [-0.1, -0.05) is 72.4 Å². The molecule has 1 atom stereocenters. The Labute approximate surface area is 130 Å². The van der Waals surface area contributed by atoms with E-state index in [9.17, 15) is 0 Å². The van der Waals surface area contributed by atoms with Gasteiger partial charge in [-0.2, -0.15) is 0 Å². The highest BCUT2D eigenvalue weighted by molar-refractivity contribution is 8.14. The van der Waals surface area contributed by atoms with Gasteiger partial charge in [-0.05, 0) is 17.5 Å². The highest BCUT2D eigenvalue weighted by Gasteiger charge is 2.18. The van der Waals surface area contributed by atoms with Crippen molar-refractivity contribution in [2.24, 2.45) is 4.99 Å². The van der Waals surface area contributed by atoms with Crippen molar-refractivity contribution in [1.29, 1.82) is 0 Å². The molecule has 0 aliphatic carbocycles. The van der Waals surface area contributed by atoms with Crippen LogP contribution in [0.25, 0.3) is 0 Å². The van der Waals surface area contributed by atoms with Crippen LogP contribution in [0, 0.1) is 0 Å². The molecule has 3 heteroatoms. The molecule has 3 rings (SSSR count). The topological polar surface area (TPSA) is 15.6 Å². The number of amidine groups is 1. The third-order valence-corrected chi connectivity index (χ3v) is 4.77. The molecule has 1 saturated heterocycles. The summed E-state index contributed by atoms with van der Waals surface area (Å²) in [6, 6.07) is 21.4. The van der Waals surface area contributed by atoms with Gasteiger partial charge < -0.3 is 4.90 Å². The largest absolute Gasteiger partial charge is 0.354 e. The Balaban J connectivity index is 1.88. The molecule has 0 aromatic heterocycles. The first-order chi connectivity index (χ1) is 10.3. The van der Waals surface area contributed by atoms with E-state index < -0.39 is 0 Å². The maximum absolute atomic E-state index is 5.03. The molecule has 1 aliphatic rings. The van der Waals surface area contributed by atoms with E-state index in [1.54, 1.807) is 0 Å². The van der Waals surface area contributed by atoms with E-state index in [1.807, 2.05) is 11.8 Å². The van der Waals surface area contributed by atoms with Gasteiger partial charge in [0.25, 0.3) is 0 Å². The lowest BCUT2D eigenvalue weighted by molar-refractivity contribution is 0.553. The van der Waals surface area contributed by atoms with Crippen LogP contribution < -0.4 is 0 Å². The quantitative estimate of drug-likeness (QED) is 0.847. The number of hydrogen-bond acceptors (Lipinski definition) is 2. The van der Waals surface area contributed by atoms with Crippen molar-refractivity contribution in [2.45, 2.75) is 12.5 Å². The van der Waals surface area contributed by atoms with E-state index in [0.717, 1.165) is 18.7 Å². The number of aliphatic imine (C=N–C) groups is 1. The molecule has 2 nitrogen and oxygen atoms in total. The molecule has 108 valence electrons. The number of hydrogen-bond donors (Lipinski definition) is 0. The molecular formula is C18H20N2S. The van der Waals surface area contributed by atoms with Gasteiger partial charge in [-0.3, -0.25) is 4.99 Å². The van der Waals surface area contributed by atoms with Crippen LogP contribution in [0.4, 0.5) is 0 Å². The maximum Gasteiger partial charge on any atom is 0.159 e. The third kappa shape index (κ3) is 3.67. The summed E-state index contributed by atoms with van der Waals surface area (Å²) in [6.45, 7) is 1.09. The van der Waals surface area contributed by atoms with Gasteiger partial charge >= 0.3 is 0 Å². The van der Waals surface area contributed by atoms with E-state index in [1.165, 1.54) is 16.3 Å². The number of rotatable bonds is 4. The lowest BCUT2D eigenvalue weighted by Gasteiger charge is -2.17. The molecule has 0 amide bonds. The Morgan fingerprint density at radius 3 is 2.33 bits per heavy atom. The zero-order valence-electron chi connectivity index (χ0n) is 12.3. The summed E-state index contributed by atoms with van der Waals surface area (Å²) >= 11 is 1.86. The van der Waals surface area contributed by atoms with Gasteiger partial charge in [0.15, 0.2) is 5.17 Å². The maximum atomic E-state index is 5.03. The van der Waals surface area contributed by atoms with E-state index in [4.69, 9.17) is 4.99 Å². The standard InChI is InChI=1S/C18H20N2S/c1-20-12-13-21-18(20)19-17(16-10-6-3-7-11-16)14-15-8-4-2-5-9-15/h2-11,17H,12-14H2,1H3/b19-18-. The lowest BCUT2D eigenvalue weighted by atomic mass is 9.99. The van der Waals surface area contributed by atoms with Crippen LogP contribution in [-0.4, -0.2) is 29.4 Å². The monoisotopic (exact) mass is 296 g/mol. The molecule has 2 aromatic rings. The average molecular weight is 296 g/mol. The minimum atomic E-state index is 0.191. The Bertz CT molecular complexity index is 595. The second-order valence-corrected chi connectivity index (χ2v) is 6.36. The second-order valence-electron chi connectivity index (χ2n) is 5.30. The van der Waals surface area contributed by atoms with E-state index in [-0.39, 0.29) is 6.04 Å². The van der Waals surface area contributed by atoms with Crippen molar-refractivity contribution in [1.82, 2.24) is 4.90 Å². The van der Waals surface area contributed by atoms with Crippen molar-refractivity contribution in [3.63, 3.8) is 0 Å². The fourth-order valence-corrected chi connectivity index (χ4v) is 3.56. The summed E-state index contributed by atoms with van der Waals surface area (Å²) in [6.07, 6.45) is 0.947. The SMILES string of the molecule is CN1CCS/C1=N\C(Cc1ccccc1)c1ccccc1. The molecule has 0 spiro atoms. The third-order valence-electron chi connectivity index (χ3n) is 3.71. The Morgan fingerprint density at radius 2 is 1.71 bits per heavy atom. The van der Waals surface area contributed by atoms with Crippen LogP contribution in [0.2, 0.25) is 0 Å². The zero-order valence-corrected chi connectivity index (χ0v) is 13.1. The number of benzene rings is 2.